The van der Waals surface area contributed by atoms with E-state index in [-0.39, 0.29) is 0 Å². The van der Waals surface area contributed by atoms with Crippen LogP contribution in [-0.4, -0.2) is 29.4 Å². The zero-order chi connectivity index (χ0) is 10.1. The van der Waals surface area contributed by atoms with Crippen molar-refractivity contribution in [2.24, 2.45) is 5.73 Å². The van der Waals surface area contributed by atoms with Gasteiger partial charge in [0.25, 0.3) is 5.91 Å². The highest BCUT2D eigenvalue weighted by Gasteiger charge is 2.15. The van der Waals surface area contributed by atoms with Crippen molar-refractivity contribution in [2.45, 2.75) is 13.0 Å². The van der Waals surface area contributed by atoms with Gasteiger partial charge in [-0.3, -0.25) is 4.79 Å². The Morgan fingerprint density at radius 1 is 1.57 bits per heavy atom. The van der Waals surface area contributed by atoms with Crippen LogP contribution in [0, 0.1) is 0 Å². The first-order valence-electron chi connectivity index (χ1n) is 4.64. The number of carbonyl (C=O) groups excluding carboxylic acids is 1. The minimum Gasteiger partial charge on any atom is -0.364 e. The molecule has 0 aromatic carbocycles. The van der Waals surface area contributed by atoms with Crippen molar-refractivity contribution in [2.75, 3.05) is 13.6 Å². The van der Waals surface area contributed by atoms with Gasteiger partial charge in [0.05, 0.1) is 0 Å². The molecular weight excluding hydrogens is 178 g/mol. The van der Waals surface area contributed by atoms with Crippen LogP contribution in [0.2, 0.25) is 0 Å². The van der Waals surface area contributed by atoms with Crippen LogP contribution in [0.4, 0.5) is 0 Å². The molecule has 1 aliphatic rings. The van der Waals surface area contributed by atoms with Gasteiger partial charge in [-0.2, -0.15) is 0 Å². The van der Waals surface area contributed by atoms with Gasteiger partial charge in [0, 0.05) is 25.2 Å². The van der Waals surface area contributed by atoms with Crippen LogP contribution in [-0.2, 0) is 13.0 Å². The van der Waals surface area contributed by atoms with E-state index in [2.05, 4.69) is 16.9 Å². The summed E-state index contributed by atoms with van der Waals surface area (Å²) in [6.45, 7) is 1.89. The van der Waals surface area contributed by atoms with Crippen LogP contribution in [0.5, 0.6) is 0 Å². The van der Waals surface area contributed by atoms with Crippen LogP contribution in [0.3, 0.4) is 0 Å². The van der Waals surface area contributed by atoms with E-state index in [1.54, 1.807) is 6.07 Å². The van der Waals surface area contributed by atoms with E-state index in [0.717, 1.165) is 25.2 Å². The summed E-state index contributed by atoms with van der Waals surface area (Å²) in [5, 5.41) is 0. The Balaban J connectivity index is 2.36. The van der Waals surface area contributed by atoms with Gasteiger partial charge in [-0.15, -0.1) is 0 Å². The maximum absolute atomic E-state index is 10.9. The van der Waals surface area contributed by atoms with Gasteiger partial charge < -0.3 is 10.6 Å². The molecular formula is C10H13N3O. The molecule has 1 amide bonds. The molecule has 1 aromatic rings. The number of aromatic nitrogens is 1. The standard InChI is InChI=1S/C10H13N3O/c1-13-5-4-8-7(6-13)2-3-9(12-8)10(11)14/h2-3H,4-6H2,1H3,(H2,11,14). The predicted molar refractivity (Wildman–Crippen MR) is 52.8 cm³/mol. The third-order valence-corrected chi connectivity index (χ3v) is 2.49. The first-order valence-corrected chi connectivity index (χ1v) is 4.64. The number of rotatable bonds is 1. The Morgan fingerprint density at radius 2 is 2.36 bits per heavy atom. The second-order valence-electron chi connectivity index (χ2n) is 3.65. The fraction of sp³-hybridized carbons (Fsp3) is 0.400. The number of primary amides is 1. The van der Waals surface area contributed by atoms with Crippen molar-refractivity contribution < 1.29 is 4.79 Å². The molecule has 4 heteroatoms. The summed E-state index contributed by atoms with van der Waals surface area (Å²) in [7, 11) is 2.07. The molecule has 2 heterocycles. The molecule has 4 nitrogen and oxygen atoms in total. The molecule has 0 atom stereocenters. The zero-order valence-corrected chi connectivity index (χ0v) is 8.16. The molecule has 0 unspecified atom stereocenters. The number of fused-ring (bicyclic) bond motifs is 1. The summed E-state index contributed by atoms with van der Waals surface area (Å²) >= 11 is 0. The molecule has 0 saturated heterocycles. The number of likely N-dealkylation sites (N-methyl/N-ethyl adjacent to an activating group) is 1. The summed E-state index contributed by atoms with van der Waals surface area (Å²) in [5.41, 5.74) is 7.74. The Kier molecular flexibility index (Phi) is 2.21. The molecule has 14 heavy (non-hydrogen) atoms. The molecule has 2 rings (SSSR count). The van der Waals surface area contributed by atoms with Crippen molar-refractivity contribution in [1.29, 1.82) is 0 Å². The van der Waals surface area contributed by atoms with E-state index < -0.39 is 5.91 Å². The average Bonchev–Trinajstić information content (AvgIpc) is 2.16. The van der Waals surface area contributed by atoms with E-state index in [0.29, 0.717) is 5.69 Å². The highest BCUT2D eigenvalue weighted by atomic mass is 16.1. The maximum Gasteiger partial charge on any atom is 0.267 e. The number of hydrogen-bond donors (Lipinski definition) is 1. The van der Waals surface area contributed by atoms with Gasteiger partial charge in [0.1, 0.15) is 5.69 Å². The molecule has 2 N–H and O–H groups in total. The second kappa shape index (κ2) is 3.38. The van der Waals surface area contributed by atoms with Gasteiger partial charge in [-0.25, -0.2) is 4.98 Å². The minimum atomic E-state index is -0.452. The van der Waals surface area contributed by atoms with Crippen LogP contribution in [0.1, 0.15) is 21.7 Å². The van der Waals surface area contributed by atoms with Gasteiger partial charge in [-0.1, -0.05) is 6.07 Å². The molecule has 0 saturated carbocycles. The number of amides is 1. The maximum atomic E-state index is 10.9. The van der Waals surface area contributed by atoms with Crippen molar-refractivity contribution in [3.05, 3.63) is 29.1 Å². The third-order valence-electron chi connectivity index (χ3n) is 2.49. The van der Waals surface area contributed by atoms with E-state index >= 15 is 0 Å². The molecule has 0 spiro atoms. The van der Waals surface area contributed by atoms with Crippen molar-refractivity contribution >= 4 is 5.91 Å². The molecule has 0 radical (unpaired) electrons. The Morgan fingerprint density at radius 3 is 3.07 bits per heavy atom. The van der Waals surface area contributed by atoms with Gasteiger partial charge in [0.15, 0.2) is 0 Å². The predicted octanol–water partition coefficient (Wildman–Crippen LogP) is 0.168. The lowest BCUT2D eigenvalue weighted by Gasteiger charge is -2.24. The molecule has 0 aliphatic carbocycles. The van der Waals surface area contributed by atoms with E-state index in [9.17, 15) is 4.79 Å². The summed E-state index contributed by atoms with van der Waals surface area (Å²) < 4.78 is 0. The summed E-state index contributed by atoms with van der Waals surface area (Å²) in [5.74, 6) is -0.452. The number of hydrogen-bond acceptors (Lipinski definition) is 3. The number of carbonyl (C=O) groups is 1. The highest BCUT2D eigenvalue weighted by Crippen LogP contribution is 2.15. The summed E-state index contributed by atoms with van der Waals surface area (Å²) in [4.78, 5) is 17.4. The molecule has 1 aliphatic heterocycles. The van der Waals surface area contributed by atoms with Gasteiger partial charge >= 0.3 is 0 Å². The van der Waals surface area contributed by atoms with Crippen LogP contribution >= 0.6 is 0 Å². The van der Waals surface area contributed by atoms with Crippen molar-refractivity contribution in [1.82, 2.24) is 9.88 Å². The largest absolute Gasteiger partial charge is 0.364 e. The first kappa shape index (κ1) is 9.15. The summed E-state index contributed by atoms with van der Waals surface area (Å²) in [6, 6.07) is 3.64. The lowest BCUT2D eigenvalue weighted by Crippen LogP contribution is -2.28. The smallest absolute Gasteiger partial charge is 0.267 e. The molecule has 74 valence electrons. The lowest BCUT2D eigenvalue weighted by molar-refractivity contribution is 0.0995. The van der Waals surface area contributed by atoms with E-state index in [1.807, 2.05) is 6.07 Å². The number of nitrogens with two attached hydrogens (primary N) is 1. The Bertz CT molecular complexity index is 376. The fourth-order valence-electron chi connectivity index (χ4n) is 1.69. The Labute approximate surface area is 82.7 Å². The molecule has 1 aromatic heterocycles. The van der Waals surface area contributed by atoms with Crippen molar-refractivity contribution in [3.8, 4) is 0 Å². The highest BCUT2D eigenvalue weighted by molar-refractivity contribution is 5.90. The van der Waals surface area contributed by atoms with Crippen LogP contribution in [0.25, 0.3) is 0 Å². The van der Waals surface area contributed by atoms with Gasteiger partial charge in [-0.05, 0) is 18.7 Å². The SMILES string of the molecule is CN1CCc2nc(C(N)=O)ccc2C1. The van der Waals surface area contributed by atoms with Crippen LogP contribution < -0.4 is 5.73 Å². The fourth-order valence-corrected chi connectivity index (χ4v) is 1.69. The zero-order valence-electron chi connectivity index (χ0n) is 8.16. The first-order chi connectivity index (χ1) is 6.66. The molecule has 0 fully saturated rings. The monoisotopic (exact) mass is 191 g/mol. The second-order valence-corrected chi connectivity index (χ2v) is 3.65. The summed E-state index contributed by atoms with van der Waals surface area (Å²) in [6.07, 6.45) is 0.896. The van der Waals surface area contributed by atoms with Crippen molar-refractivity contribution in [3.63, 3.8) is 0 Å². The lowest BCUT2D eigenvalue weighted by atomic mass is 10.1. The number of pyridine rings is 1. The third kappa shape index (κ3) is 1.61. The van der Waals surface area contributed by atoms with Gasteiger partial charge in [0.2, 0.25) is 0 Å². The number of nitrogens with zero attached hydrogens (tertiary/aromatic N) is 2. The quantitative estimate of drug-likeness (QED) is 0.688. The van der Waals surface area contributed by atoms with E-state index in [4.69, 9.17) is 5.73 Å². The minimum absolute atomic E-state index is 0.369. The van der Waals surface area contributed by atoms with E-state index in [1.165, 1.54) is 5.56 Å². The Hall–Kier alpha value is -1.42. The average molecular weight is 191 g/mol. The topological polar surface area (TPSA) is 59.2 Å². The normalized spacial score (nSPS) is 16.4. The molecule has 0 bridgehead atoms. The van der Waals surface area contributed by atoms with Crippen LogP contribution in [0.15, 0.2) is 12.1 Å².